The van der Waals surface area contributed by atoms with Crippen molar-refractivity contribution < 1.29 is 25.2 Å². The third kappa shape index (κ3) is 2.47. The molecule has 1 aliphatic rings. The Kier molecular flexibility index (Phi) is 4.05. The predicted octanol–water partition coefficient (Wildman–Crippen LogP) is -2.43. The zero-order valence-corrected chi connectivity index (χ0v) is 8.71. The van der Waals surface area contributed by atoms with Gasteiger partial charge in [0, 0.05) is 6.04 Å². The van der Waals surface area contributed by atoms with Crippen molar-refractivity contribution in [2.45, 2.75) is 43.3 Å². The smallest absolute Gasteiger partial charge is 0.123 e. The van der Waals surface area contributed by atoms with Gasteiger partial charge in [-0.15, -0.1) is 0 Å². The Morgan fingerprint density at radius 3 is 2.60 bits per heavy atom. The van der Waals surface area contributed by atoms with Crippen LogP contribution in [0.15, 0.2) is 0 Å². The molecule has 1 aliphatic heterocycles. The number of aliphatic hydroxyl groups is 4. The van der Waals surface area contributed by atoms with Crippen LogP contribution >= 0.6 is 0 Å². The summed E-state index contributed by atoms with van der Waals surface area (Å²) >= 11 is 0. The topological polar surface area (TPSA) is 116 Å². The molecule has 0 amide bonds. The van der Waals surface area contributed by atoms with Crippen LogP contribution in [0, 0.1) is 0 Å². The molecule has 5 atom stereocenters. The van der Waals surface area contributed by atoms with E-state index in [9.17, 15) is 15.3 Å². The number of hydrogen-bond acceptors (Lipinski definition) is 6. The van der Waals surface area contributed by atoms with E-state index in [1.807, 2.05) is 0 Å². The summed E-state index contributed by atoms with van der Waals surface area (Å²) in [5.74, 6) is 0. The Bertz CT molecular complexity index is 213. The van der Waals surface area contributed by atoms with Crippen LogP contribution in [0.4, 0.5) is 0 Å². The molecular formula is C9H19NO5. The first-order valence-electron chi connectivity index (χ1n) is 4.98. The molecule has 1 saturated heterocycles. The van der Waals surface area contributed by atoms with Gasteiger partial charge in [-0.25, -0.2) is 0 Å². The molecule has 0 aromatic heterocycles. The Balaban J connectivity index is 2.80. The minimum Gasteiger partial charge on any atom is -0.394 e. The quantitative estimate of drug-likeness (QED) is 0.362. The highest BCUT2D eigenvalue weighted by atomic mass is 16.5. The van der Waals surface area contributed by atoms with Crippen molar-refractivity contribution in [3.8, 4) is 0 Å². The number of ether oxygens (including phenoxy) is 1. The Labute approximate surface area is 88.3 Å². The second kappa shape index (κ2) is 4.73. The van der Waals surface area contributed by atoms with E-state index in [0.717, 1.165) is 0 Å². The average molecular weight is 221 g/mol. The van der Waals surface area contributed by atoms with Crippen LogP contribution in [0.1, 0.15) is 13.3 Å². The molecular weight excluding hydrogens is 202 g/mol. The van der Waals surface area contributed by atoms with Crippen molar-refractivity contribution in [2.75, 3.05) is 13.2 Å². The van der Waals surface area contributed by atoms with Gasteiger partial charge >= 0.3 is 0 Å². The molecule has 0 aromatic rings. The van der Waals surface area contributed by atoms with Crippen LogP contribution < -0.4 is 5.73 Å². The Morgan fingerprint density at radius 1 is 1.53 bits per heavy atom. The first kappa shape index (κ1) is 12.8. The summed E-state index contributed by atoms with van der Waals surface area (Å²) in [7, 11) is 0. The summed E-state index contributed by atoms with van der Waals surface area (Å²) in [6.45, 7) is 1.14. The van der Waals surface area contributed by atoms with E-state index in [0.29, 0.717) is 0 Å². The van der Waals surface area contributed by atoms with Gasteiger partial charge in [-0.1, -0.05) is 0 Å². The van der Waals surface area contributed by atoms with Gasteiger partial charge in [0.2, 0.25) is 0 Å². The maximum atomic E-state index is 10.1. The van der Waals surface area contributed by atoms with Crippen LogP contribution in [0.2, 0.25) is 0 Å². The van der Waals surface area contributed by atoms with E-state index in [4.69, 9.17) is 15.6 Å². The molecule has 90 valence electrons. The van der Waals surface area contributed by atoms with Gasteiger partial charge < -0.3 is 30.9 Å². The fourth-order valence-corrected chi connectivity index (χ4v) is 1.89. The zero-order valence-electron chi connectivity index (χ0n) is 8.71. The van der Waals surface area contributed by atoms with Crippen LogP contribution in [0.3, 0.4) is 0 Å². The molecule has 15 heavy (non-hydrogen) atoms. The highest BCUT2D eigenvalue weighted by Gasteiger charge is 2.50. The molecule has 1 fully saturated rings. The molecule has 6 heteroatoms. The second-order valence-corrected chi connectivity index (χ2v) is 4.19. The summed E-state index contributed by atoms with van der Waals surface area (Å²) in [5.41, 5.74) is 3.83. The average Bonchev–Trinajstić information content (AvgIpc) is 2.14. The summed E-state index contributed by atoms with van der Waals surface area (Å²) in [6.07, 6.45) is -3.36. The van der Waals surface area contributed by atoms with Crippen LogP contribution in [-0.2, 0) is 4.74 Å². The molecule has 0 spiro atoms. The molecule has 0 aromatic carbocycles. The third-order valence-electron chi connectivity index (χ3n) is 2.74. The first-order valence-corrected chi connectivity index (χ1v) is 4.98. The summed E-state index contributed by atoms with van der Waals surface area (Å²) in [5, 5.41) is 38.4. The lowest BCUT2D eigenvalue weighted by Gasteiger charge is -2.45. The van der Waals surface area contributed by atoms with Crippen molar-refractivity contribution in [2.24, 2.45) is 5.73 Å². The van der Waals surface area contributed by atoms with Gasteiger partial charge in [-0.3, -0.25) is 0 Å². The fraction of sp³-hybridized carbons (Fsp3) is 1.00. The molecule has 1 rings (SSSR count). The molecule has 0 radical (unpaired) electrons. The van der Waals surface area contributed by atoms with Gasteiger partial charge in [0.05, 0.1) is 13.2 Å². The van der Waals surface area contributed by atoms with E-state index in [2.05, 4.69) is 0 Å². The van der Waals surface area contributed by atoms with Crippen LogP contribution in [-0.4, -0.2) is 63.6 Å². The van der Waals surface area contributed by atoms with E-state index in [-0.39, 0.29) is 19.1 Å². The molecule has 0 bridgehead atoms. The maximum absolute atomic E-state index is 10.1. The lowest BCUT2D eigenvalue weighted by atomic mass is 9.80. The minimum atomic E-state index is -1.71. The summed E-state index contributed by atoms with van der Waals surface area (Å²) in [6, 6.07) is -0.364. The van der Waals surface area contributed by atoms with Crippen molar-refractivity contribution in [3.05, 3.63) is 0 Å². The summed E-state index contributed by atoms with van der Waals surface area (Å²) < 4.78 is 4.98. The van der Waals surface area contributed by atoms with Gasteiger partial charge in [-0.05, 0) is 13.3 Å². The second-order valence-electron chi connectivity index (χ2n) is 4.19. The molecule has 6 N–H and O–H groups in total. The normalized spacial score (nSPS) is 44.0. The Morgan fingerprint density at radius 2 is 2.13 bits per heavy atom. The predicted molar refractivity (Wildman–Crippen MR) is 52.1 cm³/mol. The van der Waals surface area contributed by atoms with E-state index in [1.165, 1.54) is 0 Å². The van der Waals surface area contributed by atoms with Crippen LogP contribution in [0.5, 0.6) is 0 Å². The van der Waals surface area contributed by atoms with Crippen molar-refractivity contribution in [1.29, 1.82) is 0 Å². The molecule has 0 saturated carbocycles. The molecule has 1 unspecified atom stereocenters. The zero-order chi connectivity index (χ0) is 11.6. The molecule has 6 nitrogen and oxygen atoms in total. The number of aliphatic hydroxyl groups excluding tert-OH is 3. The summed E-state index contributed by atoms with van der Waals surface area (Å²) in [4.78, 5) is 0. The third-order valence-corrected chi connectivity index (χ3v) is 2.74. The Hall–Kier alpha value is -0.240. The van der Waals surface area contributed by atoms with E-state index >= 15 is 0 Å². The van der Waals surface area contributed by atoms with Crippen molar-refractivity contribution >= 4 is 0 Å². The lowest BCUT2D eigenvalue weighted by molar-refractivity contribution is -0.250. The minimum absolute atomic E-state index is 0.0508. The van der Waals surface area contributed by atoms with E-state index in [1.54, 1.807) is 6.92 Å². The highest BCUT2D eigenvalue weighted by molar-refractivity contribution is 5.01. The van der Waals surface area contributed by atoms with Gasteiger partial charge in [0.1, 0.15) is 23.9 Å². The molecule has 1 heterocycles. The number of hydrogen-bond donors (Lipinski definition) is 5. The van der Waals surface area contributed by atoms with E-state index < -0.39 is 30.5 Å². The van der Waals surface area contributed by atoms with Crippen LogP contribution in [0.25, 0.3) is 0 Å². The fourth-order valence-electron chi connectivity index (χ4n) is 1.89. The number of nitrogens with two attached hydrogens (primary N) is 1. The van der Waals surface area contributed by atoms with Gasteiger partial charge in [-0.2, -0.15) is 0 Å². The first-order chi connectivity index (χ1) is 6.91. The van der Waals surface area contributed by atoms with Crippen molar-refractivity contribution in [3.63, 3.8) is 0 Å². The van der Waals surface area contributed by atoms with Gasteiger partial charge in [0.25, 0.3) is 0 Å². The highest BCUT2D eigenvalue weighted by Crippen LogP contribution is 2.29. The SMILES string of the molecule is CC(N)C[C@@]1(O)[C@H](O)[C@@H](CO)OC[C@@H]1O. The molecule has 0 aliphatic carbocycles. The number of rotatable bonds is 3. The monoisotopic (exact) mass is 221 g/mol. The largest absolute Gasteiger partial charge is 0.394 e. The van der Waals surface area contributed by atoms with Gasteiger partial charge in [0.15, 0.2) is 0 Å². The van der Waals surface area contributed by atoms with Crippen molar-refractivity contribution in [1.82, 2.24) is 0 Å². The maximum Gasteiger partial charge on any atom is 0.123 e. The lowest BCUT2D eigenvalue weighted by Crippen LogP contribution is -2.65. The standard InChI is InChI=1S/C9H19NO5/c1-5(10)2-9(14)7(12)4-15-6(3-11)8(9)13/h5-8,11-14H,2-4,10H2,1H3/t5?,6-,7+,8-,9+/m1/s1.